The molecular weight excluding hydrogens is 331 g/mol. The standard InChI is InChI=1S/2C10H15.Zr/c2*1-8-6-5-7-9(8)10(2,3)4;/h2*7H,5H2,1-4H3;. The summed E-state index contributed by atoms with van der Waals surface area (Å²) in [6, 6.07) is 0. The third kappa shape index (κ3) is 3.61. The van der Waals surface area contributed by atoms with Crippen molar-refractivity contribution in [1.82, 2.24) is 0 Å². The van der Waals surface area contributed by atoms with E-state index in [1.807, 2.05) is 0 Å². The summed E-state index contributed by atoms with van der Waals surface area (Å²) in [5.41, 5.74) is 7.05. The van der Waals surface area contributed by atoms with Crippen LogP contribution in [0.15, 0.2) is 41.0 Å². The molecule has 0 saturated heterocycles. The summed E-state index contributed by atoms with van der Waals surface area (Å²) in [5, 5.41) is 0. The van der Waals surface area contributed by atoms with Crippen LogP contribution < -0.4 is 0 Å². The monoisotopic (exact) mass is 360 g/mol. The average molecular weight is 362 g/mol. The van der Waals surface area contributed by atoms with Gasteiger partial charge in [-0.05, 0) is 0 Å². The first-order valence-corrected chi connectivity index (χ1v) is 10.6. The van der Waals surface area contributed by atoms with E-state index in [-0.39, 0.29) is 0 Å². The van der Waals surface area contributed by atoms with E-state index in [0.29, 0.717) is 10.8 Å². The van der Waals surface area contributed by atoms with Crippen molar-refractivity contribution in [2.45, 2.75) is 68.2 Å². The Labute approximate surface area is 143 Å². The summed E-state index contributed by atoms with van der Waals surface area (Å²) in [5.74, 6) is 0. The van der Waals surface area contributed by atoms with Gasteiger partial charge in [0, 0.05) is 0 Å². The third-order valence-electron chi connectivity index (χ3n) is 4.65. The Hall–Kier alpha value is -0.157. The predicted octanol–water partition coefficient (Wildman–Crippen LogP) is 6.37. The van der Waals surface area contributed by atoms with Crippen LogP contribution in [0.4, 0.5) is 0 Å². The van der Waals surface area contributed by atoms with E-state index >= 15 is 0 Å². The summed E-state index contributed by atoms with van der Waals surface area (Å²) in [7, 11) is 0. The normalized spacial score (nSPS) is 20.2. The second-order valence-corrected chi connectivity index (χ2v) is 12.1. The quantitative estimate of drug-likeness (QED) is 0.536. The molecule has 0 aromatic heterocycles. The van der Waals surface area contributed by atoms with E-state index in [4.69, 9.17) is 0 Å². The fourth-order valence-corrected chi connectivity index (χ4v) is 7.04. The first-order valence-electron chi connectivity index (χ1n) is 8.10. The van der Waals surface area contributed by atoms with Crippen molar-refractivity contribution in [3.8, 4) is 0 Å². The van der Waals surface area contributed by atoms with Crippen LogP contribution in [0.3, 0.4) is 0 Å². The van der Waals surface area contributed by atoms with Crippen molar-refractivity contribution < 1.29 is 23.2 Å². The number of hydrogen-bond donors (Lipinski definition) is 0. The van der Waals surface area contributed by atoms with Crippen LogP contribution in [0.2, 0.25) is 0 Å². The van der Waals surface area contributed by atoms with E-state index < -0.39 is 23.2 Å². The molecule has 0 fully saturated rings. The van der Waals surface area contributed by atoms with Gasteiger partial charge < -0.3 is 0 Å². The van der Waals surface area contributed by atoms with Crippen LogP contribution >= 0.6 is 0 Å². The Morgan fingerprint density at radius 1 is 0.714 bits per heavy atom. The third-order valence-corrected chi connectivity index (χ3v) is 8.98. The number of hydrogen-bond acceptors (Lipinski definition) is 0. The van der Waals surface area contributed by atoms with Gasteiger partial charge >= 0.3 is 143 Å². The maximum absolute atomic E-state index is 2.49. The molecule has 0 heterocycles. The van der Waals surface area contributed by atoms with Crippen LogP contribution in [0.25, 0.3) is 0 Å². The van der Waals surface area contributed by atoms with Crippen LogP contribution in [0.5, 0.6) is 0 Å². The average Bonchev–Trinajstić information content (AvgIpc) is 2.83. The first-order chi connectivity index (χ1) is 9.51. The van der Waals surface area contributed by atoms with Gasteiger partial charge in [0.1, 0.15) is 0 Å². The molecule has 0 spiro atoms. The second kappa shape index (κ2) is 5.80. The first kappa shape index (κ1) is 17.2. The molecule has 114 valence electrons. The Morgan fingerprint density at radius 3 is 1.29 bits per heavy atom. The summed E-state index contributed by atoms with van der Waals surface area (Å²) in [6.07, 6.45) is 7.45. The summed E-state index contributed by atoms with van der Waals surface area (Å²) in [4.78, 5) is 0. The molecule has 2 aliphatic carbocycles. The Kier molecular flexibility index (Phi) is 4.75. The van der Waals surface area contributed by atoms with Crippen molar-refractivity contribution >= 4 is 0 Å². The molecule has 1 heteroatoms. The zero-order chi connectivity index (χ0) is 16.0. The van der Waals surface area contributed by atoms with E-state index in [1.165, 1.54) is 12.8 Å². The number of allylic oxidation sites excluding steroid dienone is 8. The van der Waals surface area contributed by atoms with Crippen LogP contribution in [-0.2, 0) is 23.2 Å². The van der Waals surface area contributed by atoms with E-state index in [2.05, 4.69) is 67.5 Å². The fourth-order valence-electron chi connectivity index (χ4n) is 3.55. The molecule has 21 heavy (non-hydrogen) atoms. The Balaban J connectivity index is 2.19. The molecule has 0 radical (unpaired) electrons. The molecule has 0 bridgehead atoms. The van der Waals surface area contributed by atoms with E-state index in [0.717, 1.165) is 0 Å². The topological polar surface area (TPSA) is 0 Å². The molecule has 0 atom stereocenters. The fraction of sp³-hybridized carbons (Fsp3) is 0.600. The zero-order valence-corrected chi connectivity index (χ0v) is 17.5. The summed E-state index contributed by atoms with van der Waals surface area (Å²) < 4.78 is 3.61. The van der Waals surface area contributed by atoms with Crippen LogP contribution in [-0.4, -0.2) is 0 Å². The van der Waals surface area contributed by atoms with Gasteiger partial charge in [-0.25, -0.2) is 0 Å². The van der Waals surface area contributed by atoms with Gasteiger partial charge in [0.25, 0.3) is 0 Å². The molecule has 0 N–H and O–H groups in total. The van der Waals surface area contributed by atoms with Crippen molar-refractivity contribution in [2.24, 2.45) is 10.8 Å². The summed E-state index contributed by atoms with van der Waals surface area (Å²) >= 11 is -0.574. The van der Waals surface area contributed by atoms with Crippen LogP contribution in [0.1, 0.15) is 68.2 Å². The zero-order valence-electron chi connectivity index (χ0n) is 15.1. The molecule has 0 saturated carbocycles. The van der Waals surface area contributed by atoms with Gasteiger partial charge in [-0.3, -0.25) is 0 Å². The number of rotatable bonds is 2. The minimum atomic E-state index is -0.574. The summed E-state index contributed by atoms with van der Waals surface area (Å²) in [6.45, 7) is 18.8. The molecule has 0 nitrogen and oxygen atoms in total. The molecular formula is C20H30Zr. The van der Waals surface area contributed by atoms with Gasteiger partial charge in [0.15, 0.2) is 0 Å². The van der Waals surface area contributed by atoms with Crippen molar-refractivity contribution in [2.75, 3.05) is 0 Å². The molecule has 0 amide bonds. The predicted molar refractivity (Wildman–Crippen MR) is 89.7 cm³/mol. The molecule has 0 unspecified atom stereocenters. The molecule has 2 rings (SSSR count). The Morgan fingerprint density at radius 2 is 1.05 bits per heavy atom. The van der Waals surface area contributed by atoms with Gasteiger partial charge in [0.05, 0.1) is 0 Å². The second-order valence-electron chi connectivity index (χ2n) is 8.48. The van der Waals surface area contributed by atoms with Gasteiger partial charge in [-0.1, -0.05) is 0 Å². The molecule has 0 aromatic carbocycles. The molecule has 0 aromatic rings. The van der Waals surface area contributed by atoms with Gasteiger partial charge in [0.2, 0.25) is 0 Å². The van der Waals surface area contributed by atoms with Crippen LogP contribution in [0, 0.1) is 10.8 Å². The maximum atomic E-state index is 2.49. The van der Waals surface area contributed by atoms with Gasteiger partial charge in [-0.15, -0.1) is 0 Å². The van der Waals surface area contributed by atoms with Crippen molar-refractivity contribution in [1.29, 1.82) is 0 Å². The van der Waals surface area contributed by atoms with E-state index in [9.17, 15) is 0 Å². The Bertz CT molecular complexity index is 514. The molecule has 0 aliphatic heterocycles. The SMILES string of the molecule is CC1=[C]([Zr][C]2=C(C)C(C(C)(C)C)=CC2)CC=C1C(C)(C)C. The molecule has 2 aliphatic rings. The van der Waals surface area contributed by atoms with E-state index in [1.54, 1.807) is 28.9 Å². The van der Waals surface area contributed by atoms with Crippen molar-refractivity contribution in [3.63, 3.8) is 0 Å². The van der Waals surface area contributed by atoms with Crippen molar-refractivity contribution in [3.05, 3.63) is 41.0 Å². The minimum absolute atomic E-state index is 0.305. The van der Waals surface area contributed by atoms with Gasteiger partial charge in [-0.2, -0.15) is 0 Å².